The molecule has 6 nitrogen and oxygen atoms in total. The van der Waals surface area contributed by atoms with Crippen LogP contribution in [0.2, 0.25) is 0 Å². The van der Waals surface area contributed by atoms with Gasteiger partial charge in [-0.15, -0.1) is 0 Å². The number of likely N-dealkylation sites (tertiary alicyclic amines) is 1. The molecule has 0 saturated carbocycles. The van der Waals surface area contributed by atoms with E-state index < -0.39 is 0 Å². The Labute approximate surface area is 188 Å². The average molecular weight is 439 g/mol. The van der Waals surface area contributed by atoms with Crippen molar-refractivity contribution in [1.82, 2.24) is 14.9 Å². The molecule has 0 radical (unpaired) electrons. The lowest BCUT2D eigenvalue weighted by Crippen LogP contribution is -2.39. The van der Waals surface area contributed by atoms with Gasteiger partial charge in [0, 0.05) is 49.7 Å². The number of aryl methyl sites for hydroxylation is 2. The third kappa shape index (κ3) is 4.81. The molecular weight excluding hydrogens is 407 g/mol. The number of hydrogen-bond donors (Lipinski definition) is 0. The van der Waals surface area contributed by atoms with Gasteiger partial charge in [0.05, 0.1) is 0 Å². The predicted molar refractivity (Wildman–Crippen MR) is 121 cm³/mol. The molecule has 2 aromatic rings. The standard InChI is InChI=1S/C25H31FN4O2/c1-16(2)14-30-23(32)11-9-21-17(3)27-24(28-25(21)30)19-12-13-29(15-19)22(31)10-6-18-4-7-20(26)8-5-18/h4-5,7-8,16,19H,6,9-15H2,1-3H3/t19-/m1/s1. The monoisotopic (exact) mass is 438 g/mol. The SMILES string of the molecule is Cc1nc([C@@H]2CCN(C(=O)CCc3ccc(F)cc3)C2)nc2c1CCC(=O)N2CC(C)C. The molecule has 1 aromatic carbocycles. The Balaban J connectivity index is 1.45. The summed E-state index contributed by atoms with van der Waals surface area (Å²) in [6.45, 7) is 8.12. The zero-order valence-electron chi connectivity index (χ0n) is 19.1. The van der Waals surface area contributed by atoms with Crippen LogP contribution in [-0.4, -0.2) is 46.3 Å². The van der Waals surface area contributed by atoms with Gasteiger partial charge in [-0.2, -0.15) is 0 Å². The Morgan fingerprint density at radius 2 is 1.94 bits per heavy atom. The summed E-state index contributed by atoms with van der Waals surface area (Å²) in [6.07, 6.45) is 3.01. The number of hydrogen-bond acceptors (Lipinski definition) is 4. The Kier molecular flexibility index (Phi) is 6.53. The van der Waals surface area contributed by atoms with E-state index in [9.17, 15) is 14.0 Å². The molecule has 1 atom stereocenters. The van der Waals surface area contributed by atoms with Gasteiger partial charge >= 0.3 is 0 Å². The number of aromatic nitrogens is 2. The third-order valence-electron chi connectivity index (χ3n) is 6.35. The molecule has 170 valence electrons. The highest BCUT2D eigenvalue weighted by atomic mass is 19.1. The highest BCUT2D eigenvalue weighted by molar-refractivity contribution is 5.95. The number of carbonyl (C=O) groups is 2. The van der Waals surface area contributed by atoms with E-state index >= 15 is 0 Å². The fraction of sp³-hybridized carbons (Fsp3) is 0.520. The summed E-state index contributed by atoms with van der Waals surface area (Å²) in [7, 11) is 0. The molecule has 4 rings (SSSR count). The van der Waals surface area contributed by atoms with Crippen molar-refractivity contribution in [3.05, 3.63) is 52.7 Å². The first-order valence-electron chi connectivity index (χ1n) is 11.5. The molecule has 32 heavy (non-hydrogen) atoms. The topological polar surface area (TPSA) is 66.4 Å². The lowest BCUT2D eigenvalue weighted by Gasteiger charge is -2.31. The van der Waals surface area contributed by atoms with Gasteiger partial charge in [0.2, 0.25) is 11.8 Å². The minimum atomic E-state index is -0.267. The molecule has 7 heteroatoms. The lowest BCUT2D eigenvalue weighted by atomic mass is 10.0. The minimum absolute atomic E-state index is 0.0756. The van der Waals surface area contributed by atoms with E-state index in [1.165, 1.54) is 12.1 Å². The van der Waals surface area contributed by atoms with E-state index in [0.717, 1.165) is 34.9 Å². The van der Waals surface area contributed by atoms with Crippen molar-refractivity contribution in [1.29, 1.82) is 0 Å². The van der Waals surface area contributed by atoms with Gasteiger partial charge in [-0.25, -0.2) is 14.4 Å². The summed E-state index contributed by atoms with van der Waals surface area (Å²) in [6, 6.07) is 6.30. The molecule has 2 amide bonds. The van der Waals surface area contributed by atoms with Crippen molar-refractivity contribution in [2.24, 2.45) is 5.92 Å². The van der Waals surface area contributed by atoms with Gasteiger partial charge in [0.1, 0.15) is 17.5 Å². The van der Waals surface area contributed by atoms with Crippen LogP contribution in [0.25, 0.3) is 0 Å². The van der Waals surface area contributed by atoms with E-state index in [1.807, 2.05) is 16.7 Å². The zero-order chi connectivity index (χ0) is 22.8. The first-order valence-corrected chi connectivity index (χ1v) is 11.5. The lowest BCUT2D eigenvalue weighted by molar-refractivity contribution is -0.130. The number of fused-ring (bicyclic) bond motifs is 1. The molecule has 1 fully saturated rings. The Morgan fingerprint density at radius 1 is 1.19 bits per heavy atom. The number of nitrogens with zero attached hydrogens (tertiary/aromatic N) is 4. The van der Waals surface area contributed by atoms with Crippen LogP contribution in [0.1, 0.15) is 61.7 Å². The van der Waals surface area contributed by atoms with E-state index in [1.54, 1.807) is 12.1 Å². The summed E-state index contributed by atoms with van der Waals surface area (Å²) in [4.78, 5) is 38.7. The van der Waals surface area contributed by atoms with Crippen molar-refractivity contribution in [2.45, 2.75) is 58.8 Å². The predicted octanol–water partition coefficient (Wildman–Crippen LogP) is 3.81. The summed E-state index contributed by atoms with van der Waals surface area (Å²) < 4.78 is 13.1. The number of halogens is 1. The number of rotatable bonds is 6. The van der Waals surface area contributed by atoms with Gasteiger partial charge in [0.25, 0.3) is 0 Å². The molecule has 0 aliphatic carbocycles. The molecular formula is C25H31FN4O2. The summed E-state index contributed by atoms with van der Waals surface area (Å²) >= 11 is 0. The molecule has 0 spiro atoms. The van der Waals surface area contributed by atoms with Crippen molar-refractivity contribution in [3.8, 4) is 0 Å². The van der Waals surface area contributed by atoms with Crippen LogP contribution in [0.5, 0.6) is 0 Å². The maximum Gasteiger partial charge on any atom is 0.228 e. The molecule has 2 aliphatic rings. The molecule has 3 heterocycles. The van der Waals surface area contributed by atoms with Gasteiger partial charge in [-0.05, 0) is 49.8 Å². The zero-order valence-corrected chi connectivity index (χ0v) is 19.1. The van der Waals surface area contributed by atoms with Gasteiger partial charge in [-0.1, -0.05) is 26.0 Å². The smallest absolute Gasteiger partial charge is 0.228 e. The Bertz CT molecular complexity index is 1010. The number of benzene rings is 1. The normalized spacial score (nSPS) is 18.4. The summed E-state index contributed by atoms with van der Waals surface area (Å²) in [5.41, 5.74) is 2.96. The molecule has 1 saturated heterocycles. The molecule has 0 unspecified atom stereocenters. The van der Waals surface area contributed by atoms with Crippen molar-refractivity contribution in [2.75, 3.05) is 24.5 Å². The molecule has 0 N–H and O–H groups in total. The van der Waals surface area contributed by atoms with Gasteiger partial charge in [0.15, 0.2) is 0 Å². The van der Waals surface area contributed by atoms with Crippen molar-refractivity contribution >= 4 is 17.6 Å². The quantitative estimate of drug-likeness (QED) is 0.688. The fourth-order valence-corrected chi connectivity index (χ4v) is 4.60. The molecule has 0 bridgehead atoms. The number of carbonyl (C=O) groups excluding carboxylic acids is 2. The Morgan fingerprint density at radius 3 is 2.66 bits per heavy atom. The second-order valence-corrected chi connectivity index (χ2v) is 9.32. The second kappa shape index (κ2) is 9.35. The fourth-order valence-electron chi connectivity index (χ4n) is 4.60. The van der Waals surface area contributed by atoms with E-state index in [4.69, 9.17) is 9.97 Å². The first-order chi connectivity index (χ1) is 15.3. The summed E-state index contributed by atoms with van der Waals surface area (Å²) in [5.74, 6) is 1.88. The average Bonchev–Trinajstić information content (AvgIpc) is 3.25. The number of amides is 2. The van der Waals surface area contributed by atoms with Gasteiger partial charge in [-0.3, -0.25) is 14.5 Å². The van der Waals surface area contributed by atoms with Crippen LogP contribution >= 0.6 is 0 Å². The highest BCUT2D eigenvalue weighted by Crippen LogP contribution is 2.32. The van der Waals surface area contributed by atoms with Crippen LogP contribution in [0.4, 0.5) is 10.2 Å². The Hall–Kier alpha value is -2.83. The third-order valence-corrected chi connectivity index (χ3v) is 6.35. The van der Waals surface area contributed by atoms with Crippen LogP contribution in [-0.2, 0) is 22.4 Å². The van der Waals surface area contributed by atoms with Crippen LogP contribution in [0.15, 0.2) is 24.3 Å². The van der Waals surface area contributed by atoms with Crippen LogP contribution in [0, 0.1) is 18.7 Å². The van der Waals surface area contributed by atoms with Crippen LogP contribution in [0.3, 0.4) is 0 Å². The minimum Gasteiger partial charge on any atom is -0.342 e. The van der Waals surface area contributed by atoms with E-state index in [0.29, 0.717) is 51.2 Å². The van der Waals surface area contributed by atoms with Crippen molar-refractivity contribution in [3.63, 3.8) is 0 Å². The maximum atomic E-state index is 13.1. The first kappa shape index (κ1) is 22.4. The molecule has 2 aliphatic heterocycles. The molecule has 1 aromatic heterocycles. The number of anilines is 1. The van der Waals surface area contributed by atoms with E-state index in [2.05, 4.69) is 13.8 Å². The second-order valence-electron chi connectivity index (χ2n) is 9.32. The van der Waals surface area contributed by atoms with Crippen LogP contribution < -0.4 is 4.90 Å². The largest absolute Gasteiger partial charge is 0.342 e. The van der Waals surface area contributed by atoms with E-state index in [-0.39, 0.29) is 23.5 Å². The maximum absolute atomic E-state index is 13.1. The van der Waals surface area contributed by atoms with Crippen molar-refractivity contribution < 1.29 is 14.0 Å². The van der Waals surface area contributed by atoms with Gasteiger partial charge < -0.3 is 4.90 Å². The highest BCUT2D eigenvalue weighted by Gasteiger charge is 2.33. The summed E-state index contributed by atoms with van der Waals surface area (Å²) in [5, 5.41) is 0.